The van der Waals surface area contributed by atoms with Crippen molar-refractivity contribution in [2.24, 2.45) is 7.05 Å². The third-order valence-electron chi connectivity index (χ3n) is 4.34. The molecule has 1 aromatic carbocycles. The van der Waals surface area contributed by atoms with Gasteiger partial charge < -0.3 is 4.90 Å². The molecule has 0 bridgehead atoms. The first-order valence-electron chi connectivity index (χ1n) is 7.43. The summed E-state index contributed by atoms with van der Waals surface area (Å²) in [4.78, 5) is 6.98. The van der Waals surface area contributed by atoms with E-state index in [0.717, 1.165) is 46.2 Å². The van der Waals surface area contributed by atoms with E-state index in [-0.39, 0.29) is 11.7 Å². The van der Waals surface area contributed by atoms with Crippen LogP contribution in [0.25, 0.3) is 10.3 Å². The zero-order valence-corrected chi connectivity index (χ0v) is 13.4. The molecule has 3 heterocycles. The van der Waals surface area contributed by atoms with E-state index in [0.29, 0.717) is 0 Å². The molecule has 3 aromatic rings. The maximum Gasteiger partial charge on any atom is 0.188 e. The second kappa shape index (κ2) is 5.05. The van der Waals surface area contributed by atoms with Crippen molar-refractivity contribution in [3.63, 3.8) is 0 Å². The van der Waals surface area contributed by atoms with Crippen LogP contribution in [0.2, 0.25) is 0 Å². The van der Waals surface area contributed by atoms with E-state index in [1.54, 1.807) is 23.5 Å². The molecule has 2 aromatic heterocycles. The quantitative estimate of drug-likeness (QED) is 0.726. The molecule has 4 nitrogen and oxygen atoms in total. The van der Waals surface area contributed by atoms with Gasteiger partial charge in [0.05, 0.1) is 10.4 Å². The second-order valence-corrected chi connectivity index (χ2v) is 6.79. The van der Waals surface area contributed by atoms with Gasteiger partial charge in [0.2, 0.25) is 0 Å². The van der Waals surface area contributed by atoms with Crippen LogP contribution >= 0.6 is 11.3 Å². The van der Waals surface area contributed by atoms with Crippen molar-refractivity contribution in [2.45, 2.75) is 19.3 Å². The maximum absolute atomic E-state index is 14.0. The molecule has 1 aliphatic heterocycles. The number of aryl methyl sites for hydroxylation is 2. The number of fused-ring (bicyclic) bond motifs is 1. The Morgan fingerprint density at radius 1 is 1.32 bits per heavy atom. The summed E-state index contributed by atoms with van der Waals surface area (Å²) < 4.78 is 16.9. The minimum absolute atomic E-state index is 0.0984. The van der Waals surface area contributed by atoms with E-state index in [1.165, 1.54) is 0 Å². The van der Waals surface area contributed by atoms with Crippen molar-refractivity contribution in [1.82, 2.24) is 14.8 Å². The third-order valence-corrected chi connectivity index (χ3v) is 5.55. The zero-order chi connectivity index (χ0) is 15.3. The summed E-state index contributed by atoms with van der Waals surface area (Å²) in [7, 11) is 1.92. The Labute approximate surface area is 132 Å². The molecule has 1 aliphatic rings. The number of anilines is 1. The average Bonchev–Trinajstić information content (AvgIpc) is 3.18. The van der Waals surface area contributed by atoms with Gasteiger partial charge in [-0.25, -0.2) is 14.1 Å². The number of rotatable bonds is 2. The van der Waals surface area contributed by atoms with E-state index in [2.05, 4.69) is 10.00 Å². The molecular weight excluding hydrogens is 299 g/mol. The third kappa shape index (κ3) is 2.09. The number of halogens is 1. The van der Waals surface area contributed by atoms with Crippen molar-refractivity contribution in [1.29, 1.82) is 0 Å². The Balaban J connectivity index is 1.62. The topological polar surface area (TPSA) is 34.0 Å². The van der Waals surface area contributed by atoms with Crippen LogP contribution in [0, 0.1) is 12.7 Å². The van der Waals surface area contributed by atoms with Crippen LogP contribution < -0.4 is 4.90 Å². The summed E-state index contributed by atoms with van der Waals surface area (Å²) in [5.41, 5.74) is 2.78. The molecule has 114 valence electrons. The fraction of sp³-hybridized carbons (Fsp3) is 0.375. The second-order valence-electron chi connectivity index (χ2n) is 5.81. The van der Waals surface area contributed by atoms with E-state index in [1.807, 2.05) is 30.8 Å². The van der Waals surface area contributed by atoms with Crippen LogP contribution in [0.15, 0.2) is 24.3 Å². The molecule has 1 atom stereocenters. The predicted molar refractivity (Wildman–Crippen MR) is 87.1 cm³/mol. The summed E-state index contributed by atoms with van der Waals surface area (Å²) in [6, 6.07) is 7.10. The lowest BCUT2D eigenvalue weighted by molar-refractivity contribution is 0.589. The average molecular weight is 316 g/mol. The van der Waals surface area contributed by atoms with Crippen molar-refractivity contribution in [2.75, 3.05) is 18.0 Å². The monoisotopic (exact) mass is 316 g/mol. The Bertz CT molecular complexity index is 803. The van der Waals surface area contributed by atoms with Gasteiger partial charge in [0.1, 0.15) is 5.82 Å². The molecule has 1 saturated heterocycles. The number of benzene rings is 1. The first kappa shape index (κ1) is 13.7. The summed E-state index contributed by atoms with van der Waals surface area (Å²) in [6.07, 6.45) is 0.966. The molecule has 0 aliphatic carbocycles. The molecular formula is C16H17FN4S. The minimum Gasteiger partial charge on any atom is -0.347 e. The highest BCUT2D eigenvalue weighted by molar-refractivity contribution is 7.22. The van der Waals surface area contributed by atoms with E-state index >= 15 is 0 Å². The molecule has 6 heteroatoms. The van der Waals surface area contributed by atoms with Crippen molar-refractivity contribution in [3.8, 4) is 0 Å². The van der Waals surface area contributed by atoms with Gasteiger partial charge in [0, 0.05) is 26.1 Å². The van der Waals surface area contributed by atoms with E-state index in [9.17, 15) is 4.39 Å². The predicted octanol–water partition coefficient (Wildman–Crippen LogP) is 3.47. The van der Waals surface area contributed by atoms with E-state index in [4.69, 9.17) is 4.98 Å². The maximum atomic E-state index is 14.0. The summed E-state index contributed by atoms with van der Waals surface area (Å²) >= 11 is 1.68. The lowest BCUT2D eigenvalue weighted by Gasteiger charge is -2.15. The molecule has 4 rings (SSSR count). The molecule has 0 radical (unpaired) electrons. The Morgan fingerprint density at radius 2 is 2.14 bits per heavy atom. The Kier molecular flexibility index (Phi) is 3.14. The minimum atomic E-state index is -0.0984. The molecule has 0 saturated carbocycles. The van der Waals surface area contributed by atoms with Crippen molar-refractivity contribution in [3.05, 3.63) is 41.3 Å². The van der Waals surface area contributed by atoms with Gasteiger partial charge in [-0.15, -0.1) is 0 Å². The fourth-order valence-electron chi connectivity index (χ4n) is 3.20. The summed E-state index contributed by atoms with van der Waals surface area (Å²) in [5, 5.41) is 5.41. The van der Waals surface area contributed by atoms with Gasteiger partial charge in [-0.1, -0.05) is 29.5 Å². The number of aromatic nitrogens is 3. The van der Waals surface area contributed by atoms with Crippen LogP contribution in [0.4, 0.5) is 9.52 Å². The smallest absolute Gasteiger partial charge is 0.188 e. The van der Waals surface area contributed by atoms with Gasteiger partial charge in [-0.3, -0.25) is 0 Å². The lowest BCUT2D eigenvalue weighted by Crippen LogP contribution is -2.19. The van der Waals surface area contributed by atoms with Gasteiger partial charge >= 0.3 is 0 Å². The Morgan fingerprint density at radius 3 is 2.91 bits per heavy atom. The lowest BCUT2D eigenvalue weighted by atomic mass is 9.98. The normalized spacial score (nSPS) is 18.5. The van der Waals surface area contributed by atoms with E-state index < -0.39 is 0 Å². The zero-order valence-electron chi connectivity index (χ0n) is 12.6. The standard InChI is InChI=1S/C16H17FN4S/c1-10-14-15(20(2)19-10)18-16(22-14)21-8-7-11(9-21)12-5-3-4-6-13(12)17/h3-6,11H,7-9H2,1-2H3. The first-order chi connectivity index (χ1) is 10.6. The van der Waals surface area contributed by atoms with Crippen LogP contribution in [0.3, 0.4) is 0 Å². The van der Waals surface area contributed by atoms with Crippen LogP contribution in [0.5, 0.6) is 0 Å². The summed E-state index contributed by atoms with van der Waals surface area (Å²) in [6.45, 7) is 3.76. The summed E-state index contributed by atoms with van der Waals surface area (Å²) in [5.74, 6) is 0.145. The van der Waals surface area contributed by atoms with Crippen LogP contribution in [-0.2, 0) is 7.05 Å². The highest BCUT2D eigenvalue weighted by Crippen LogP contribution is 2.36. The van der Waals surface area contributed by atoms with Gasteiger partial charge in [-0.2, -0.15) is 5.10 Å². The number of thiazole rings is 1. The molecule has 0 N–H and O–H groups in total. The number of hydrogen-bond donors (Lipinski definition) is 0. The molecule has 0 amide bonds. The SMILES string of the molecule is Cc1nn(C)c2nc(N3CCC(c4ccccc4F)C3)sc12. The highest BCUT2D eigenvalue weighted by Gasteiger charge is 2.28. The van der Waals surface area contributed by atoms with Crippen molar-refractivity contribution < 1.29 is 4.39 Å². The highest BCUT2D eigenvalue weighted by atomic mass is 32.1. The van der Waals surface area contributed by atoms with Gasteiger partial charge in [0.25, 0.3) is 0 Å². The van der Waals surface area contributed by atoms with Gasteiger partial charge in [-0.05, 0) is 25.0 Å². The van der Waals surface area contributed by atoms with Crippen molar-refractivity contribution >= 4 is 26.8 Å². The molecule has 0 spiro atoms. The molecule has 1 unspecified atom stereocenters. The first-order valence-corrected chi connectivity index (χ1v) is 8.24. The number of hydrogen-bond acceptors (Lipinski definition) is 4. The largest absolute Gasteiger partial charge is 0.347 e. The molecule has 22 heavy (non-hydrogen) atoms. The Hall–Kier alpha value is -1.95. The number of nitrogens with zero attached hydrogens (tertiary/aromatic N) is 4. The molecule has 1 fully saturated rings. The van der Waals surface area contributed by atoms with Crippen LogP contribution in [0.1, 0.15) is 23.6 Å². The van der Waals surface area contributed by atoms with Gasteiger partial charge in [0.15, 0.2) is 10.8 Å². The van der Waals surface area contributed by atoms with Crippen LogP contribution in [-0.4, -0.2) is 27.9 Å². The fourth-order valence-corrected chi connectivity index (χ4v) is 4.27.